The van der Waals surface area contributed by atoms with Gasteiger partial charge in [0.25, 0.3) is 5.91 Å². The van der Waals surface area contributed by atoms with Crippen LogP contribution >= 0.6 is 0 Å². The monoisotopic (exact) mass is 537 g/mol. The van der Waals surface area contributed by atoms with E-state index in [1.165, 1.54) is 0 Å². The molecule has 2 aromatic carbocycles. The molecule has 208 valence electrons. The van der Waals surface area contributed by atoms with Crippen molar-refractivity contribution >= 4 is 34.8 Å². The summed E-state index contributed by atoms with van der Waals surface area (Å²) in [6.07, 6.45) is 2.94. The predicted molar refractivity (Wildman–Crippen MR) is 145 cm³/mol. The second-order valence-corrected chi connectivity index (χ2v) is 9.15. The Labute approximate surface area is 227 Å². The van der Waals surface area contributed by atoms with Crippen molar-refractivity contribution in [1.82, 2.24) is 16.0 Å². The SMILES string of the molecule is O=C(O)CCCCCNC(=O)[C@H](CCCCNC(=O)OCc1ccccc1)NC(=O)c1cc2ccccc2o1. The molecule has 10 nitrogen and oxygen atoms in total. The minimum absolute atomic E-state index is 0.0952. The van der Waals surface area contributed by atoms with Crippen LogP contribution in [-0.4, -0.2) is 48.1 Å². The lowest BCUT2D eigenvalue weighted by Crippen LogP contribution is -2.47. The molecular formula is C29H35N3O7. The van der Waals surface area contributed by atoms with Gasteiger partial charge in [-0.25, -0.2) is 4.79 Å². The Morgan fingerprint density at radius 2 is 1.56 bits per heavy atom. The molecule has 0 bridgehead atoms. The van der Waals surface area contributed by atoms with E-state index in [4.69, 9.17) is 14.3 Å². The largest absolute Gasteiger partial charge is 0.481 e. The molecule has 3 rings (SSSR count). The van der Waals surface area contributed by atoms with Gasteiger partial charge in [0.2, 0.25) is 5.91 Å². The minimum Gasteiger partial charge on any atom is -0.481 e. The van der Waals surface area contributed by atoms with Crippen LogP contribution < -0.4 is 16.0 Å². The number of carbonyl (C=O) groups excluding carboxylic acids is 3. The van der Waals surface area contributed by atoms with Crippen molar-refractivity contribution in [3.8, 4) is 0 Å². The topological polar surface area (TPSA) is 147 Å². The second-order valence-electron chi connectivity index (χ2n) is 9.15. The number of benzene rings is 2. The fourth-order valence-corrected chi connectivity index (χ4v) is 3.94. The molecular weight excluding hydrogens is 502 g/mol. The van der Waals surface area contributed by atoms with Crippen LogP contribution in [0.5, 0.6) is 0 Å². The molecule has 3 aromatic rings. The van der Waals surface area contributed by atoms with E-state index in [-0.39, 0.29) is 24.7 Å². The van der Waals surface area contributed by atoms with Crippen molar-refractivity contribution < 1.29 is 33.4 Å². The number of rotatable bonds is 16. The van der Waals surface area contributed by atoms with Crippen LogP contribution in [0.15, 0.2) is 65.1 Å². The van der Waals surface area contributed by atoms with Gasteiger partial charge in [0.15, 0.2) is 5.76 Å². The predicted octanol–water partition coefficient (Wildman–Crippen LogP) is 4.39. The number of hydrogen-bond donors (Lipinski definition) is 4. The number of alkyl carbamates (subject to hydrolysis) is 1. The van der Waals surface area contributed by atoms with E-state index in [9.17, 15) is 19.2 Å². The van der Waals surface area contributed by atoms with Crippen LogP contribution in [0.25, 0.3) is 11.0 Å². The molecule has 0 saturated carbocycles. The third-order valence-corrected chi connectivity index (χ3v) is 6.04. The Morgan fingerprint density at radius 3 is 2.33 bits per heavy atom. The number of carboxylic acids is 1. The molecule has 0 fully saturated rings. The van der Waals surface area contributed by atoms with Crippen LogP contribution in [0.3, 0.4) is 0 Å². The molecule has 1 atom stereocenters. The molecule has 0 radical (unpaired) electrons. The maximum atomic E-state index is 12.9. The van der Waals surface area contributed by atoms with E-state index in [0.29, 0.717) is 57.2 Å². The number of carbonyl (C=O) groups is 4. The smallest absolute Gasteiger partial charge is 0.407 e. The molecule has 1 aromatic heterocycles. The normalized spacial score (nSPS) is 11.5. The van der Waals surface area contributed by atoms with E-state index >= 15 is 0 Å². The minimum atomic E-state index is -0.841. The van der Waals surface area contributed by atoms with Crippen molar-refractivity contribution in [3.63, 3.8) is 0 Å². The lowest BCUT2D eigenvalue weighted by atomic mass is 10.1. The summed E-state index contributed by atoms with van der Waals surface area (Å²) in [6, 6.07) is 17.5. The van der Waals surface area contributed by atoms with Crippen LogP contribution in [0.2, 0.25) is 0 Å². The lowest BCUT2D eigenvalue weighted by Gasteiger charge is -2.18. The first-order chi connectivity index (χ1) is 18.9. The summed E-state index contributed by atoms with van der Waals surface area (Å²) in [5, 5.41) is 17.8. The Morgan fingerprint density at radius 1 is 0.846 bits per heavy atom. The van der Waals surface area contributed by atoms with Gasteiger partial charge in [0.05, 0.1) is 0 Å². The van der Waals surface area contributed by atoms with E-state index in [2.05, 4.69) is 16.0 Å². The first kappa shape index (κ1) is 29.2. The van der Waals surface area contributed by atoms with Gasteiger partial charge in [0, 0.05) is 24.9 Å². The fraction of sp³-hybridized carbons (Fsp3) is 0.379. The molecule has 0 saturated heterocycles. The quantitative estimate of drug-likeness (QED) is 0.198. The maximum Gasteiger partial charge on any atom is 0.407 e. The number of ether oxygens (including phenoxy) is 1. The van der Waals surface area contributed by atoms with E-state index < -0.39 is 24.0 Å². The summed E-state index contributed by atoms with van der Waals surface area (Å²) in [6.45, 7) is 0.923. The van der Waals surface area contributed by atoms with Gasteiger partial charge in [0.1, 0.15) is 18.2 Å². The van der Waals surface area contributed by atoms with E-state index in [1.807, 2.05) is 48.5 Å². The summed E-state index contributed by atoms with van der Waals surface area (Å²) in [4.78, 5) is 48.3. The average molecular weight is 538 g/mol. The highest BCUT2D eigenvalue weighted by Crippen LogP contribution is 2.19. The second kappa shape index (κ2) is 15.8. The standard InChI is InChI=1S/C29H35N3O7/c33-26(34)16-5-2-9-17-30-27(35)23(32-28(36)25-19-22-13-6-7-15-24(22)39-25)14-8-10-18-31-29(37)38-20-21-11-3-1-4-12-21/h1,3-4,6-7,11-13,15,19,23H,2,5,8-10,14,16-18,20H2,(H,30,35)(H,31,37)(H,32,36)(H,33,34)/t23-/m0/s1. The lowest BCUT2D eigenvalue weighted by molar-refractivity contribution is -0.137. The van der Waals surface area contributed by atoms with Crippen LogP contribution in [0.4, 0.5) is 4.79 Å². The molecule has 1 heterocycles. The summed E-state index contributed by atoms with van der Waals surface area (Å²) < 4.78 is 10.8. The molecule has 0 aliphatic rings. The third-order valence-electron chi connectivity index (χ3n) is 6.04. The molecule has 0 unspecified atom stereocenters. The molecule has 4 N–H and O–H groups in total. The first-order valence-electron chi connectivity index (χ1n) is 13.2. The van der Waals surface area contributed by atoms with Crippen LogP contribution in [0.1, 0.15) is 61.1 Å². The summed E-state index contributed by atoms with van der Waals surface area (Å²) in [5.74, 6) is -1.54. The zero-order chi connectivity index (χ0) is 27.9. The number of amides is 3. The van der Waals surface area contributed by atoms with E-state index in [1.54, 1.807) is 12.1 Å². The molecule has 0 spiro atoms. The Bertz CT molecular complexity index is 1190. The van der Waals surface area contributed by atoms with Gasteiger partial charge in [-0.05, 0) is 49.8 Å². The summed E-state index contributed by atoms with van der Waals surface area (Å²) in [5.41, 5.74) is 1.47. The number of carboxylic acid groups (broad SMARTS) is 1. The van der Waals surface area contributed by atoms with Crippen molar-refractivity contribution in [2.24, 2.45) is 0 Å². The first-order valence-corrected chi connectivity index (χ1v) is 13.2. The summed E-state index contributed by atoms with van der Waals surface area (Å²) >= 11 is 0. The number of para-hydroxylation sites is 1. The zero-order valence-electron chi connectivity index (χ0n) is 21.8. The molecule has 0 aliphatic carbocycles. The summed E-state index contributed by atoms with van der Waals surface area (Å²) in [7, 11) is 0. The van der Waals surface area contributed by atoms with Crippen LogP contribution in [-0.2, 0) is 20.9 Å². The van der Waals surface area contributed by atoms with Crippen molar-refractivity contribution in [3.05, 3.63) is 72.0 Å². The van der Waals surface area contributed by atoms with Crippen molar-refractivity contribution in [2.75, 3.05) is 13.1 Å². The fourth-order valence-electron chi connectivity index (χ4n) is 3.94. The number of unbranched alkanes of at least 4 members (excludes halogenated alkanes) is 3. The number of aliphatic carboxylic acids is 1. The average Bonchev–Trinajstić information content (AvgIpc) is 3.38. The molecule has 39 heavy (non-hydrogen) atoms. The molecule has 3 amide bonds. The Balaban J connectivity index is 1.45. The van der Waals surface area contributed by atoms with Gasteiger partial charge in [-0.2, -0.15) is 0 Å². The number of fused-ring (bicyclic) bond motifs is 1. The Kier molecular flexibility index (Phi) is 11.8. The highest BCUT2D eigenvalue weighted by molar-refractivity contribution is 5.98. The van der Waals surface area contributed by atoms with Gasteiger partial charge in [-0.1, -0.05) is 55.0 Å². The van der Waals surface area contributed by atoms with Crippen molar-refractivity contribution in [1.29, 1.82) is 0 Å². The highest BCUT2D eigenvalue weighted by atomic mass is 16.5. The molecule has 10 heteroatoms. The number of furan rings is 1. The van der Waals surface area contributed by atoms with Gasteiger partial charge in [-0.3, -0.25) is 14.4 Å². The number of hydrogen-bond acceptors (Lipinski definition) is 6. The maximum absolute atomic E-state index is 12.9. The van der Waals surface area contributed by atoms with Crippen molar-refractivity contribution in [2.45, 2.75) is 57.6 Å². The van der Waals surface area contributed by atoms with Gasteiger partial charge in [-0.15, -0.1) is 0 Å². The molecule has 0 aliphatic heterocycles. The van der Waals surface area contributed by atoms with Gasteiger partial charge >= 0.3 is 12.1 Å². The zero-order valence-corrected chi connectivity index (χ0v) is 21.8. The van der Waals surface area contributed by atoms with Crippen LogP contribution in [0, 0.1) is 0 Å². The number of nitrogens with one attached hydrogen (secondary N) is 3. The highest BCUT2D eigenvalue weighted by Gasteiger charge is 2.23. The third kappa shape index (κ3) is 10.5. The van der Waals surface area contributed by atoms with Gasteiger partial charge < -0.3 is 30.2 Å². The Hall–Kier alpha value is -4.34. The van der Waals surface area contributed by atoms with E-state index in [0.717, 1.165) is 10.9 Å².